The molecule has 0 aliphatic carbocycles. The quantitative estimate of drug-likeness (QED) is 0.669. The molecule has 4 nitrogen and oxygen atoms in total. The van der Waals surface area contributed by atoms with Crippen LogP contribution >= 0.6 is 22.6 Å². The molecule has 0 amide bonds. The molecule has 0 spiro atoms. The van der Waals surface area contributed by atoms with Crippen molar-refractivity contribution in [2.45, 2.75) is 20.0 Å². The van der Waals surface area contributed by atoms with Crippen LogP contribution in [0.15, 0.2) is 12.3 Å². The minimum atomic E-state index is -0.370. The molecule has 5 heteroatoms. The minimum Gasteiger partial charge on any atom is -0.459 e. The third-order valence-electron chi connectivity index (χ3n) is 1.45. The van der Waals surface area contributed by atoms with Crippen LogP contribution in [0.2, 0.25) is 0 Å². The maximum Gasteiger partial charge on any atom is 0.339 e. The number of carbonyl (C=O) groups excluding carboxylic acids is 1. The topological polar surface area (TPSA) is 65.2 Å². The van der Waals surface area contributed by atoms with Crippen molar-refractivity contribution in [3.05, 3.63) is 21.4 Å². The van der Waals surface area contributed by atoms with E-state index in [0.29, 0.717) is 11.4 Å². The Morgan fingerprint density at radius 3 is 2.79 bits per heavy atom. The van der Waals surface area contributed by atoms with Crippen molar-refractivity contribution in [3.8, 4) is 0 Å². The maximum atomic E-state index is 11.4. The van der Waals surface area contributed by atoms with Gasteiger partial charge in [0.15, 0.2) is 0 Å². The first-order valence-electron chi connectivity index (χ1n) is 4.12. The van der Waals surface area contributed by atoms with E-state index in [9.17, 15) is 4.79 Å². The number of hydrogen-bond donors (Lipinski definition) is 1. The van der Waals surface area contributed by atoms with E-state index in [1.54, 1.807) is 19.9 Å². The molecule has 0 saturated carbocycles. The molecule has 1 aromatic heterocycles. The highest BCUT2D eigenvalue weighted by Crippen LogP contribution is 2.14. The predicted molar refractivity (Wildman–Crippen MR) is 61.9 cm³/mol. The van der Waals surface area contributed by atoms with Crippen molar-refractivity contribution < 1.29 is 9.53 Å². The second-order valence-electron chi connectivity index (χ2n) is 3.05. The van der Waals surface area contributed by atoms with E-state index in [1.165, 1.54) is 6.20 Å². The van der Waals surface area contributed by atoms with Crippen molar-refractivity contribution >= 4 is 34.4 Å². The first-order chi connectivity index (χ1) is 6.50. The first kappa shape index (κ1) is 11.2. The molecule has 1 heterocycles. The summed E-state index contributed by atoms with van der Waals surface area (Å²) < 4.78 is 5.76. The molecule has 0 saturated heterocycles. The molecule has 0 atom stereocenters. The number of aromatic nitrogens is 1. The maximum absolute atomic E-state index is 11.4. The van der Waals surface area contributed by atoms with Gasteiger partial charge >= 0.3 is 5.97 Å². The number of hydrogen-bond acceptors (Lipinski definition) is 4. The number of nitrogens with two attached hydrogens (primary N) is 1. The zero-order chi connectivity index (χ0) is 10.7. The van der Waals surface area contributed by atoms with Crippen molar-refractivity contribution in [2.24, 2.45) is 0 Å². The molecule has 76 valence electrons. The summed E-state index contributed by atoms with van der Waals surface area (Å²) in [5.41, 5.74) is 5.95. The van der Waals surface area contributed by atoms with Gasteiger partial charge in [0.25, 0.3) is 0 Å². The van der Waals surface area contributed by atoms with E-state index in [4.69, 9.17) is 10.5 Å². The van der Waals surface area contributed by atoms with Crippen LogP contribution in [0.25, 0.3) is 0 Å². The highest BCUT2D eigenvalue weighted by atomic mass is 127. The summed E-state index contributed by atoms with van der Waals surface area (Å²) in [6.07, 6.45) is 1.29. The van der Waals surface area contributed by atoms with Gasteiger partial charge in [0.1, 0.15) is 5.82 Å². The fourth-order valence-corrected chi connectivity index (χ4v) is 1.32. The first-order valence-corrected chi connectivity index (χ1v) is 5.20. The van der Waals surface area contributed by atoms with Crippen LogP contribution in [0.4, 0.5) is 5.82 Å². The lowest BCUT2D eigenvalue weighted by Crippen LogP contribution is -2.12. The molecule has 0 aromatic carbocycles. The van der Waals surface area contributed by atoms with Crippen molar-refractivity contribution in [2.75, 3.05) is 5.73 Å². The van der Waals surface area contributed by atoms with Gasteiger partial charge in [-0.25, -0.2) is 9.78 Å². The molecule has 0 radical (unpaired) electrons. The summed E-state index contributed by atoms with van der Waals surface area (Å²) in [6.45, 7) is 3.60. The lowest BCUT2D eigenvalue weighted by molar-refractivity contribution is 0.0377. The normalized spacial score (nSPS) is 10.3. The largest absolute Gasteiger partial charge is 0.459 e. The van der Waals surface area contributed by atoms with Gasteiger partial charge in [-0.2, -0.15) is 0 Å². The standard InChI is InChI=1S/C9H11IN2O2/c1-5(2)14-9(13)6-3-7(10)8(11)12-4-6/h3-5H,1-2H3,(H2,11,12). The van der Waals surface area contributed by atoms with Gasteiger partial charge in [-0.15, -0.1) is 0 Å². The van der Waals surface area contributed by atoms with E-state index >= 15 is 0 Å². The highest BCUT2D eigenvalue weighted by molar-refractivity contribution is 14.1. The van der Waals surface area contributed by atoms with Crippen LogP contribution in [0, 0.1) is 3.57 Å². The highest BCUT2D eigenvalue weighted by Gasteiger charge is 2.10. The number of halogens is 1. The number of esters is 1. The Balaban J connectivity index is 2.86. The fourth-order valence-electron chi connectivity index (χ4n) is 0.842. The smallest absolute Gasteiger partial charge is 0.339 e. The average Bonchev–Trinajstić information content (AvgIpc) is 2.08. The zero-order valence-corrected chi connectivity index (χ0v) is 10.1. The van der Waals surface area contributed by atoms with E-state index in [-0.39, 0.29) is 12.1 Å². The number of nitrogen functional groups attached to an aromatic ring is 1. The van der Waals surface area contributed by atoms with Gasteiger partial charge in [-0.1, -0.05) is 0 Å². The monoisotopic (exact) mass is 306 g/mol. The molecule has 0 aliphatic heterocycles. The molecular formula is C9H11IN2O2. The fraction of sp³-hybridized carbons (Fsp3) is 0.333. The van der Waals surface area contributed by atoms with Gasteiger partial charge in [-0.05, 0) is 42.5 Å². The number of nitrogens with zero attached hydrogens (tertiary/aromatic N) is 1. The Morgan fingerprint density at radius 2 is 2.29 bits per heavy atom. The van der Waals surface area contributed by atoms with Gasteiger partial charge in [-0.3, -0.25) is 0 Å². The van der Waals surface area contributed by atoms with Crippen LogP contribution in [-0.2, 0) is 4.74 Å². The van der Waals surface area contributed by atoms with Crippen LogP contribution in [0.3, 0.4) is 0 Å². The van der Waals surface area contributed by atoms with E-state index < -0.39 is 0 Å². The summed E-state index contributed by atoms with van der Waals surface area (Å²) >= 11 is 2.02. The zero-order valence-electron chi connectivity index (χ0n) is 7.95. The van der Waals surface area contributed by atoms with Gasteiger partial charge < -0.3 is 10.5 Å². The Labute approximate surface area is 96.0 Å². The van der Waals surface area contributed by atoms with Crippen LogP contribution in [0.5, 0.6) is 0 Å². The number of pyridine rings is 1. The summed E-state index contributed by atoms with van der Waals surface area (Å²) in [5.74, 6) is 0.0529. The number of carbonyl (C=O) groups is 1. The SMILES string of the molecule is CC(C)OC(=O)c1cnc(N)c(I)c1. The third-order valence-corrected chi connectivity index (χ3v) is 2.31. The average molecular weight is 306 g/mol. The summed E-state index contributed by atoms with van der Waals surface area (Å²) in [4.78, 5) is 15.3. The Hall–Kier alpha value is -0.850. The molecular weight excluding hydrogens is 295 g/mol. The van der Waals surface area contributed by atoms with Crippen molar-refractivity contribution in [1.29, 1.82) is 0 Å². The minimum absolute atomic E-state index is 0.127. The van der Waals surface area contributed by atoms with Gasteiger partial charge in [0, 0.05) is 6.20 Å². The molecule has 1 aromatic rings. The molecule has 0 bridgehead atoms. The molecule has 2 N–H and O–H groups in total. The second-order valence-corrected chi connectivity index (χ2v) is 4.21. The van der Waals surface area contributed by atoms with Gasteiger partial charge in [0.05, 0.1) is 15.2 Å². The lowest BCUT2D eigenvalue weighted by atomic mass is 10.3. The Morgan fingerprint density at radius 1 is 1.64 bits per heavy atom. The van der Waals surface area contributed by atoms with Crippen LogP contribution in [0.1, 0.15) is 24.2 Å². The second kappa shape index (κ2) is 4.59. The molecule has 0 unspecified atom stereocenters. The Kier molecular flexibility index (Phi) is 3.68. The summed E-state index contributed by atoms with van der Waals surface area (Å²) in [7, 11) is 0. The number of ether oxygens (including phenoxy) is 1. The van der Waals surface area contributed by atoms with Crippen molar-refractivity contribution in [1.82, 2.24) is 4.98 Å². The Bertz CT molecular complexity index is 353. The number of anilines is 1. The van der Waals surface area contributed by atoms with Crippen molar-refractivity contribution in [3.63, 3.8) is 0 Å². The lowest BCUT2D eigenvalue weighted by Gasteiger charge is -2.07. The van der Waals surface area contributed by atoms with E-state index in [2.05, 4.69) is 4.98 Å². The number of rotatable bonds is 2. The van der Waals surface area contributed by atoms with E-state index in [0.717, 1.165) is 3.57 Å². The molecule has 0 aliphatic rings. The third kappa shape index (κ3) is 2.83. The van der Waals surface area contributed by atoms with E-state index in [1.807, 2.05) is 22.6 Å². The van der Waals surface area contributed by atoms with Crippen LogP contribution < -0.4 is 5.73 Å². The molecule has 1 rings (SSSR count). The summed E-state index contributed by atoms with van der Waals surface area (Å²) in [5, 5.41) is 0. The van der Waals surface area contributed by atoms with Gasteiger partial charge in [0.2, 0.25) is 0 Å². The predicted octanol–water partition coefficient (Wildman–Crippen LogP) is 1.83. The molecule has 0 fully saturated rings. The summed E-state index contributed by atoms with van der Waals surface area (Å²) in [6, 6.07) is 1.66. The van der Waals surface area contributed by atoms with Crippen LogP contribution in [-0.4, -0.2) is 17.1 Å². The molecule has 14 heavy (non-hydrogen) atoms.